The van der Waals surface area contributed by atoms with Crippen molar-refractivity contribution in [1.29, 1.82) is 0 Å². The molecule has 0 amide bonds. The van der Waals surface area contributed by atoms with E-state index >= 15 is 0 Å². The molecule has 3 rings (SSSR count). The van der Waals surface area contributed by atoms with Gasteiger partial charge < -0.3 is 21.1 Å². The number of aliphatic imine (C=N–C) groups is 1. The summed E-state index contributed by atoms with van der Waals surface area (Å²) < 4.78 is 1.23. The lowest BCUT2D eigenvalue weighted by Gasteiger charge is -2.27. The number of aryl methyl sites for hydroxylation is 2. The number of benzene rings is 1. The highest BCUT2D eigenvalue weighted by Gasteiger charge is 2.24. The van der Waals surface area contributed by atoms with Gasteiger partial charge in [-0.1, -0.05) is 24.8 Å². The molecule has 1 aromatic heterocycles. The topological polar surface area (TPSA) is 109 Å². The zero-order valence-corrected chi connectivity index (χ0v) is 20.0. The van der Waals surface area contributed by atoms with Crippen LogP contribution in [0.1, 0.15) is 33.5 Å². The summed E-state index contributed by atoms with van der Waals surface area (Å²) in [5.74, 6) is -1.04. The fourth-order valence-corrected chi connectivity index (χ4v) is 3.83. The summed E-state index contributed by atoms with van der Waals surface area (Å²) in [5.41, 5.74) is 12.9. The van der Waals surface area contributed by atoms with Gasteiger partial charge in [-0.15, -0.1) is 11.6 Å². The number of carbonyl (C=O) groups is 1. The molecule has 0 aliphatic heterocycles. The molecule has 4 N–H and O–H groups in total. The number of nitrogens with zero attached hydrogens (tertiary/aromatic N) is 4. The molecule has 8 nitrogen and oxygen atoms in total. The molecule has 1 aliphatic rings. The molecule has 1 unspecified atom stereocenters. The highest BCUT2D eigenvalue weighted by Crippen LogP contribution is 2.32. The Kier molecular flexibility index (Phi) is 7.28. The molecule has 33 heavy (non-hydrogen) atoms. The fraction of sp³-hybridized carbons (Fsp3) is 0.292. The third-order valence-electron chi connectivity index (χ3n) is 5.60. The Bertz CT molecular complexity index is 1160. The van der Waals surface area contributed by atoms with Gasteiger partial charge >= 0.3 is 5.97 Å². The van der Waals surface area contributed by atoms with Crippen LogP contribution < -0.4 is 11.1 Å². The fourth-order valence-electron chi connectivity index (χ4n) is 3.54. The van der Waals surface area contributed by atoms with Gasteiger partial charge in [0.2, 0.25) is 5.96 Å². The molecular weight excluding hydrogens is 440 g/mol. The van der Waals surface area contributed by atoms with Crippen molar-refractivity contribution in [3.8, 4) is 0 Å². The predicted octanol–water partition coefficient (Wildman–Crippen LogP) is 3.38. The summed E-state index contributed by atoms with van der Waals surface area (Å²) in [4.78, 5) is 17.6. The number of rotatable bonds is 7. The van der Waals surface area contributed by atoms with E-state index in [0.717, 1.165) is 17.0 Å². The molecule has 0 spiro atoms. The molecule has 1 heterocycles. The summed E-state index contributed by atoms with van der Waals surface area (Å²) >= 11 is 6.73. The predicted molar refractivity (Wildman–Crippen MR) is 131 cm³/mol. The molecule has 0 bridgehead atoms. The number of alkyl halides is 1. The van der Waals surface area contributed by atoms with Crippen molar-refractivity contribution in [2.75, 3.05) is 14.1 Å². The van der Waals surface area contributed by atoms with Crippen LogP contribution in [-0.4, -0.2) is 51.2 Å². The van der Waals surface area contributed by atoms with E-state index in [0.29, 0.717) is 18.7 Å². The Morgan fingerprint density at radius 1 is 1.39 bits per heavy atom. The van der Waals surface area contributed by atoms with Crippen molar-refractivity contribution in [3.05, 3.63) is 88.2 Å². The molecule has 0 fully saturated rings. The third kappa shape index (κ3) is 5.46. The maximum Gasteiger partial charge on any atom is 0.338 e. The molecular formula is C24H29ClN6O2. The first kappa shape index (κ1) is 24.1. The van der Waals surface area contributed by atoms with Crippen molar-refractivity contribution in [1.82, 2.24) is 20.0 Å². The van der Waals surface area contributed by atoms with Crippen LogP contribution in [0.3, 0.4) is 0 Å². The number of hydrogen-bond donors (Lipinski definition) is 3. The first-order chi connectivity index (χ1) is 15.6. The molecule has 1 aromatic carbocycles. The van der Waals surface area contributed by atoms with Crippen LogP contribution in [0.4, 0.5) is 0 Å². The Labute approximate surface area is 198 Å². The smallest absolute Gasteiger partial charge is 0.338 e. The quantitative estimate of drug-likeness (QED) is 0.326. The number of aromatic nitrogens is 2. The second kappa shape index (κ2) is 9.95. The normalized spacial score (nSPS) is 16.5. The number of carboxylic acids is 1. The van der Waals surface area contributed by atoms with E-state index in [1.165, 1.54) is 33.8 Å². The second-order valence-corrected chi connectivity index (χ2v) is 8.67. The molecule has 174 valence electrons. The highest BCUT2D eigenvalue weighted by molar-refractivity contribution is 6.22. The summed E-state index contributed by atoms with van der Waals surface area (Å²) in [7, 11) is 3.80. The lowest BCUT2D eigenvalue weighted by Crippen LogP contribution is -2.28. The summed E-state index contributed by atoms with van der Waals surface area (Å²) in [5, 5.41) is 16.2. The number of likely N-dealkylation sites (N-methyl/N-ethyl adjacent to an activating group) is 1. The van der Waals surface area contributed by atoms with Gasteiger partial charge in [0.05, 0.1) is 22.8 Å². The Hall–Kier alpha value is -3.52. The van der Waals surface area contributed by atoms with E-state index in [-0.39, 0.29) is 16.9 Å². The van der Waals surface area contributed by atoms with E-state index in [1.807, 2.05) is 31.1 Å². The van der Waals surface area contributed by atoms with E-state index in [1.54, 1.807) is 0 Å². The minimum atomic E-state index is -1.09. The maximum atomic E-state index is 11.1. The molecule has 9 heteroatoms. The number of halogens is 1. The van der Waals surface area contributed by atoms with Crippen LogP contribution in [0.5, 0.6) is 0 Å². The molecule has 1 aliphatic carbocycles. The number of nitrogens with two attached hydrogens (primary N) is 1. The van der Waals surface area contributed by atoms with E-state index < -0.39 is 5.97 Å². The lowest BCUT2D eigenvalue weighted by molar-refractivity contribution is 0.0697. The van der Waals surface area contributed by atoms with Crippen LogP contribution in [0.15, 0.2) is 70.9 Å². The van der Waals surface area contributed by atoms with Gasteiger partial charge in [-0.2, -0.15) is 5.10 Å². The summed E-state index contributed by atoms with van der Waals surface area (Å²) in [6.07, 6.45) is 4.91. The standard InChI is InChI=1S/C24H29ClN6O2/c1-14-7-6-8-15(2)19(14)12-27-22-9-18(16(3)30(4)5)21(10-20(22)25)29-24(26)31-13-17(11-28-31)23(32)33/h6-9,11,13,20,27H,3,10,12H2,1-2,4-5H3,(H2,26,29)(H,32,33). The Balaban J connectivity index is 1.95. The van der Waals surface area contributed by atoms with E-state index in [9.17, 15) is 4.79 Å². The summed E-state index contributed by atoms with van der Waals surface area (Å²) in [6.45, 7) is 9.03. The third-order valence-corrected chi connectivity index (χ3v) is 5.99. The van der Waals surface area contributed by atoms with Crippen LogP contribution >= 0.6 is 11.6 Å². The van der Waals surface area contributed by atoms with Crippen molar-refractivity contribution in [2.45, 2.75) is 32.2 Å². The number of carboxylic acid groups (broad SMARTS) is 1. The van der Waals surface area contributed by atoms with E-state index in [2.05, 4.69) is 48.0 Å². The van der Waals surface area contributed by atoms with Crippen LogP contribution in [-0.2, 0) is 6.54 Å². The van der Waals surface area contributed by atoms with Gasteiger partial charge in [0.1, 0.15) is 0 Å². The second-order valence-electron chi connectivity index (χ2n) is 8.15. The van der Waals surface area contributed by atoms with Crippen LogP contribution in [0.25, 0.3) is 0 Å². The van der Waals surface area contributed by atoms with Gasteiger partial charge in [-0.3, -0.25) is 0 Å². The molecule has 0 saturated carbocycles. The zero-order chi connectivity index (χ0) is 24.3. The van der Waals surface area contributed by atoms with Crippen LogP contribution in [0, 0.1) is 13.8 Å². The number of aromatic carboxylic acids is 1. The Morgan fingerprint density at radius 3 is 2.64 bits per heavy atom. The SMILES string of the molecule is C=C(C1=C(N=C(N)n2cc(C(=O)O)cn2)CC(Cl)C(NCc2c(C)cccc2C)=C1)N(C)C. The van der Waals surface area contributed by atoms with E-state index in [4.69, 9.17) is 22.4 Å². The van der Waals surface area contributed by atoms with Crippen molar-refractivity contribution in [2.24, 2.45) is 10.7 Å². The van der Waals surface area contributed by atoms with Gasteiger partial charge in [-0.25, -0.2) is 14.5 Å². The van der Waals surface area contributed by atoms with Crippen LogP contribution in [0.2, 0.25) is 0 Å². The number of nitrogens with one attached hydrogen (secondary N) is 1. The van der Waals surface area contributed by atoms with Gasteiger partial charge in [0.25, 0.3) is 0 Å². The molecule has 2 aromatic rings. The van der Waals surface area contributed by atoms with Gasteiger partial charge in [-0.05, 0) is 36.6 Å². The van der Waals surface area contributed by atoms with Crippen molar-refractivity contribution >= 4 is 23.5 Å². The van der Waals surface area contributed by atoms with Gasteiger partial charge in [0, 0.05) is 50.2 Å². The largest absolute Gasteiger partial charge is 0.478 e. The van der Waals surface area contributed by atoms with Gasteiger partial charge in [0.15, 0.2) is 0 Å². The first-order valence-electron chi connectivity index (χ1n) is 10.4. The molecule has 0 radical (unpaired) electrons. The monoisotopic (exact) mass is 468 g/mol. The molecule has 0 saturated heterocycles. The summed E-state index contributed by atoms with van der Waals surface area (Å²) in [6, 6.07) is 6.24. The maximum absolute atomic E-state index is 11.1. The Morgan fingerprint density at radius 2 is 2.06 bits per heavy atom. The average Bonchev–Trinajstić information content (AvgIpc) is 3.25. The minimum absolute atomic E-state index is 0.0248. The zero-order valence-electron chi connectivity index (χ0n) is 19.3. The van der Waals surface area contributed by atoms with Crippen molar-refractivity contribution < 1.29 is 9.90 Å². The van der Waals surface area contributed by atoms with Crippen molar-refractivity contribution in [3.63, 3.8) is 0 Å². The highest BCUT2D eigenvalue weighted by atomic mass is 35.5. The first-order valence-corrected chi connectivity index (χ1v) is 10.9. The molecule has 1 atom stereocenters. The number of allylic oxidation sites excluding steroid dienone is 3. The number of hydrogen-bond acceptors (Lipinski definition) is 5. The average molecular weight is 469 g/mol. The lowest BCUT2D eigenvalue weighted by atomic mass is 9.97. The minimum Gasteiger partial charge on any atom is -0.478 e.